The van der Waals surface area contributed by atoms with Crippen molar-refractivity contribution in [3.05, 3.63) is 23.9 Å². The molecule has 2 N–H and O–H groups in total. The first-order valence-corrected chi connectivity index (χ1v) is 8.25. The van der Waals surface area contributed by atoms with E-state index >= 15 is 0 Å². The van der Waals surface area contributed by atoms with Crippen LogP contribution in [0, 0.1) is 0 Å². The van der Waals surface area contributed by atoms with E-state index in [-0.39, 0.29) is 11.6 Å². The molecule has 8 heteroatoms. The number of aromatic nitrogens is 1. The minimum absolute atomic E-state index is 0.0237. The van der Waals surface area contributed by atoms with Gasteiger partial charge in [0.05, 0.1) is 13.2 Å². The van der Waals surface area contributed by atoms with Crippen molar-refractivity contribution < 1.29 is 13.2 Å². The van der Waals surface area contributed by atoms with Gasteiger partial charge in [-0.2, -0.15) is 0 Å². The lowest BCUT2D eigenvalue weighted by molar-refractivity contribution is 0.122. The Hall–Kier alpha value is -1.06. The molecular formula is C13H24N4O3S. The Kier molecular flexibility index (Phi) is 7.76. The monoisotopic (exact) mass is 316 g/mol. The number of ether oxygens (including phenoxy) is 1. The van der Waals surface area contributed by atoms with E-state index in [1.54, 1.807) is 12.3 Å². The number of nitrogens with zero attached hydrogens (tertiary/aromatic N) is 2. The lowest BCUT2D eigenvalue weighted by atomic mass is 10.3. The van der Waals surface area contributed by atoms with E-state index in [1.807, 2.05) is 26.0 Å². The minimum Gasteiger partial charge on any atom is -0.379 e. The third-order valence-corrected chi connectivity index (χ3v) is 4.05. The van der Waals surface area contributed by atoms with Gasteiger partial charge in [0.1, 0.15) is 0 Å². The Morgan fingerprint density at radius 2 is 2.05 bits per heavy atom. The van der Waals surface area contributed by atoms with Crippen molar-refractivity contribution in [2.45, 2.75) is 11.6 Å². The van der Waals surface area contributed by atoms with Crippen LogP contribution < -0.4 is 10.0 Å². The van der Waals surface area contributed by atoms with Crippen LogP contribution in [-0.4, -0.2) is 65.7 Å². The van der Waals surface area contributed by atoms with Gasteiger partial charge in [0.15, 0.2) is 5.03 Å². The third-order valence-electron chi connectivity index (χ3n) is 2.68. The number of hydrogen-bond donors (Lipinski definition) is 2. The summed E-state index contributed by atoms with van der Waals surface area (Å²) in [5, 5.41) is 3.00. The summed E-state index contributed by atoms with van der Waals surface area (Å²) in [5.41, 5.74) is 0.934. The predicted molar refractivity (Wildman–Crippen MR) is 81.6 cm³/mol. The Morgan fingerprint density at radius 1 is 1.29 bits per heavy atom. The molecule has 0 spiro atoms. The van der Waals surface area contributed by atoms with Gasteiger partial charge in [-0.25, -0.2) is 18.1 Å². The van der Waals surface area contributed by atoms with E-state index in [1.165, 1.54) is 6.07 Å². The number of sulfonamides is 1. The number of likely N-dealkylation sites (N-methyl/N-ethyl adjacent to an activating group) is 1. The summed E-state index contributed by atoms with van der Waals surface area (Å²) in [7, 11) is 2.16. The van der Waals surface area contributed by atoms with Gasteiger partial charge < -0.3 is 15.0 Å². The second kappa shape index (κ2) is 9.06. The summed E-state index contributed by atoms with van der Waals surface area (Å²) in [6.45, 7) is 2.61. The Bertz CT molecular complexity index is 503. The average molecular weight is 316 g/mol. The molecule has 0 aliphatic rings. The van der Waals surface area contributed by atoms with E-state index in [0.29, 0.717) is 19.8 Å². The first-order chi connectivity index (χ1) is 9.95. The molecule has 0 unspecified atom stereocenters. The highest BCUT2D eigenvalue weighted by molar-refractivity contribution is 7.89. The van der Waals surface area contributed by atoms with Crippen molar-refractivity contribution in [1.29, 1.82) is 0 Å². The molecule has 0 saturated carbocycles. The molecule has 0 fully saturated rings. The SMILES string of the molecule is CNCc1ccc(S(=O)(=O)NCCOCCN(C)C)nc1. The summed E-state index contributed by atoms with van der Waals surface area (Å²) in [6, 6.07) is 3.24. The van der Waals surface area contributed by atoms with Gasteiger partial charge in [-0.15, -0.1) is 0 Å². The van der Waals surface area contributed by atoms with Crippen LogP contribution in [0.5, 0.6) is 0 Å². The van der Waals surface area contributed by atoms with Crippen LogP contribution in [0.4, 0.5) is 0 Å². The molecule has 0 aliphatic carbocycles. The topological polar surface area (TPSA) is 83.6 Å². The number of rotatable bonds is 10. The van der Waals surface area contributed by atoms with Crippen LogP contribution in [-0.2, 0) is 21.3 Å². The Morgan fingerprint density at radius 3 is 2.62 bits per heavy atom. The Labute approximate surface area is 126 Å². The van der Waals surface area contributed by atoms with E-state index in [2.05, 4.69) is 15.0 Å². The molecule has 0 atom stereocenters. The van der Waals surface area contributed by atoms with E-state index in [9.17, 15) is 8.42 Å². The fraction of sp³-hybridized carbons (Fsp3) is 0.615. The summed E-state index contributed by atoms with van der Waals surface area (Å²) in [6.07, 6.45) is 1.55. The number of pyridine rings is 1. The fourth-order valence-corrected chi connectivity index (χ4v) is 2.49. The molecular weight excluding hydrogens is 292 g/mol. The van der Waals surface area contributed by atoms with Crippen molar-refractivity contribution in [2.75, 3.05) is 47.4 Å². The minimum atomic E-state index is -3.57. The summed E-state index contributed by atoms with van der Waals surface area (Å²) < 4.78 is 31.8. The highest BCUT2D eigenvalue weighted by Gasteiger charge is 2.14. The molecule has 7 nitrogen and oxygen atoms in total. The molecule has 0 aromatic carbocycles. The zero-order valence-corrected chi connectivity index (χ0v) is 13.6. The van der Waals surface area contributed by atoms with Gasteiger partial charge in [-0.05, 0) is 32.8 Å². The second-order valence-corrected chi connectivity index (χ2v) is 6.56. The van der Waals surface area contributed by atoms with Crippen LogP contribution >= 0.6 is 0 Å². The van der Waals surface area contributed by atoms with Gasteiger partial charge in [-0.3, -0.25) is 0 Å². The largest absolute Gasteiger partial charge is 0.379 e. The quantitative estimate of drug-likeness (QED) is 0.575. The molecule has 1 rings (SSSR count). The highest BCUT2D eigenvalue weighted by atomic mass is 32.2. The zero-order valence-electron chi connectivity index (χ0n) is 12.8. The molecule has 1 aromatic heterocycles. The maximum absolute atomic E-state index is 12.0. The van der Waals surface area contributed by atoms with Crippen LogP contribution in [0.2, 0.25) is 0 Å². The molecule has 0 aliphatic heterocycles. The molecule has 1 aromatic rings. The van der Waals surface area contributed by atoms with Crippen LogP contribution in [0.15, 0.2) is 23.4 Å². The van der Waals surface area contributed by atoms with Gasteiger partial charge >= 0.3 is 0 Å². The fourth-order valence-electron chi connectivity index (χ4n) is 1.55. The first kappa shape index (κ1) is 18.0. The molecule has 1 heterocycles. The zero-order chi connectivity index (χ0) is 15.7. The van der Waals surface area contributed by atoms with Crippen LogP contribution in [0.3, 0.4) is 0 Å². The van der Waals surface area contributed by atoms with Crippen molar-refractivity contribution in [3.8, 4) is 0 Å². The number of hydrogen-bond acceptors (Lipinski definition) is 6. The normalized spacial score (nSPS) is 12.0. The maximum Gasteiger partial charge on any atom is 0.258 e. The molecule has 0 amide bonds. The standard InChI is InChI=1S/C13H24N4O3S/c1-14-10-12-4-5-13(15-11-12)21(18,19)16-6-8-20-9-7-17(2)3/h4-5,11,14,16H,6-10H2,1-3H3. The molecule has 120 valence electrons. The first-order valence-electron chi connectivity index (χ1n) is 6.77. The summed E-state index contributed by atoms with van der Waals surface area (Å²) >= 11 is 0. The average Bonchev–Trinajstić information content (AvgIpc) is 2.43. The lowest BCUT2D eigenvalue weighted by Crippen LogP contribution is -2.29. The van der Waals surface area contributed by atoms with Crippen molar-refractivity contribution >= 4 is 10.0 Å². The smallest absolute Gasteiger partial charge is 0.258 e. The maximum atomic E-state index is 12.0. The molecule has 0 bridgehead atoms. The second-order valence-electron chi connectivity index (χ2n) is 4.85. The third kappa shape index (κ3) is 6.96. The number of nitrogens with one attached hydrogen (secondary N) is 2. The van der Waals surface area contributed by atoms with Gasteiger partial charge in [0, 0.05) is 25.8 Å². The molecule has 0 saturated heterocycles. The van der Waals surface area contributed by atoms with Crippen molar-refractivity contribution in [3.63, 3.8) is 0 Å². The Balaban J connectivity index is 2.39. The molecule has 0 radical (unpaired) electrons. The van der Waals surface area contributed by atoms with Gasteiger partial charge in [0.2, 0.25) is 0 Å². The van der Waals surface area contributed by atoms with E-state index in [0.717, 1.165) is 12.1 Å². The predicted octanol–water partition coefficient (Wildman–Crippen LogP) is -0.342. The van der Waals surface area contributed by atoms with E-state index < -0.39 is 10.0 Å². The van der Waals surface area contributed by atoms with Crippen LogP contribution in [0.25, 0.3) is 0 Å². The van der Waals surface area contributed by atoms with Crippen molar-refractivity contribution in [2.24, 2.45) is 0 Å². The summed E-state index contributed by atoms with van der Waals surface area (Å²) in [5.74, 6) is 0. The van der Waals surface area contributed by atoms with Gasteiger partial charge in [-0.1, -0.05) is 6.07 Å². The van der Waals surface area contributed by atoms with E-state index in [4.69, 9.17) is 4.74 Å². The van der Waals surface area contributed by atoms with Crippen LogP contribution in [0.1, 0.15) is 5.56 Å². The summed E-state index contributed by atoms with van der Waals surface area (Å²) in [4.78, 5) is 5.97. The van der Waals surface area contributed by atoms with Gasteiger partial charge in [0.25, 0.3) is 10.0 Å². The highest BCUT2D eigenvalue weighted by Crippen LogP contribution is 2.06. The lowest BCUT2D eigenvalue weighted by Gasteiger charge is -2.10. The van der Waals surface area contributed by atoms with Crippen molar-refractivity contribution in [1.82, 2.24) is 19.9 Å². The molecule has 21 heavy (non-hydrogen) atoms.